The van der Waals surface area contributed by atoms with Crippen LogP contribution < -0.4 is 10.2 Å². The van der Waals surface area contributed by atoms with Crippen molar-refractivity contribution in [3.05, 3.63) is 78.6 Å². The molecule has 3 heterocycles. The van der Waals surface area contributed by atoms with Crippen molar-refractivity contribution in [2.75, 3.05) is 16.0 Å². The van der Waals surface area contributed by atoms with Gasteiger partial charge in [-0.15, -0.1) is 10.2 Å². The van der Waals surface area contributed by atoms with E-state index in [-0.39, 0.29) is 30.0 Å². The second-order valence-electron chi connectivity index (χ2n) is 8.34. The van der Waals surface area contributed by atoms with E-state index in [1.807, 2.05) is 79.1 Å². The minimum absolute atomic E-state index is 0.103. The number of nitrogens with zero attached hydrogens (tertiary/aromatic N) is 5. The summed E-state index contributed by atoms with van der Waals surface area (Å²) in [6, 6.07) is 18.9. The number of carbonyl (C=O) groups is 2. The predicted octanol–water partition coefficient (Wildman–Crippen LogP) is 4.49. The summed E-state index contributed by atoms with van der Waals surface area (Å²) in [5.41, 5.74) is 4.18. The summed E-state index contributed by atoms with van der Waals surface area (Å²) >= 11 is 1.32. The van der Waals surface area contributed by atoms with E-state index in [0.717, 1.165) is 16.8 Å². The number of hydrogen-bond acceptors (Lipinski definition) is 6. The van der Waals surface area contributed by atoms with Crippen LogP contribution in [0.2, 0.25) is 0 Å². The van der Waals surface area contributed by atoms with E-state index >= 15 is 0 Å². The Morgan fingerprint density at radius 1 is 1.06 bits per heavy atom. The molecule has 0 fully saturated rings. The molecule has 1 N–H and O–H groups in total. The molecule has 5 rings (SSSR count). The summed E-state index contributed by atoms with van der Waals surface area (Å²) in [7, 11) is 0. The van der Waals surface area contributed by atoms with Gasteiger partial charge in [0.15, 0.2) is 11.0 Å². The Labute approximate surface area is 207 Å². The molecular formula is C26H24N6O2S. The molecule has 0 aliphatic carbocycles. The van der Waals surface area contributed by atoms with Crippen molar-refractivity contribution in [3.8, 4) is 17.1 Å². The zero-order valence-electron chi connectivity index (χ0n) is 19.4. The van der Waals surface area contributed by atoms with Crippen LogP contribution in [0.3, 0.4) is 0 Å². The van der Waals surface area contributed by atoms with Crippen molar-refractivity contribution in [3.63, 3.8) is 0 Å². The molecule has 0 unspecified atom stereocenters. The maximum atomic E-state index is 13.5. The van der Waals surface area contributed by atoms with Gasteiger partial charge in [-0.1, -0.05) is 42.1 Å². The topological polar surface area (TPSA) is 93.0 Å². The molecule has 8 nitrogen and oxygen atoms in total. The van der Waals surface area contributed by atoms with Crippen molar-refractivity contribution >= 4 is 35.0 Å². The number of fused-ring (bicyclic) bond motifs is 1. The van der Waals surface area contributed by atoms with Gasteiger partial charge in [0.25, 0.3) is 0 Å². The molecule has 0 radical (unpaired) electrons. The number of benzene rings is 2. The Hall–Kier alpha value is -3.98. The molecule has 0 saturated carbocycles. The zero-order chi connectivity index (χ0) is 24.4. The van der Waals surface area contributed by atoms with Crippen LogP contribution in [-0.2, 0) is 9.59 Å². The van der Waals surface area contributed by atoms with Gasteiger partial charge >= 0.3 is 0 Å². The predicted molar refractivity (Wildman–Crippen MR) is 137 cm³/mol. The van der Waals surface area contributed by atoms with Crippen LogP contribution in [0.1, 0.15) is 18.9 Å². The number of amides is 2. The number of aryl methyl sites for hydroxylation is 1. The van der Waals surface area contributed by atoms with Crippen LogP contribution in [0.25, 0.3) is 17.1 Å². The third kappa shape index (κ3) is 4.54. The first kappa shape index (κ1) is 22.8. The molecule has 2 amide bonds. The second kappa shape index (κ2) is 9.71. The van der Waals surface area contributed by atoms with E-state index in [1.165, 1.54) is 11.8 Å². The number of anilines is 2. The lowest BCUT2D eigenvalue weighted by Gasteiger charge is -2.27. The summed E-state index contributed by atoms with van der Waals surface area (Å²) in [6.45, 7) is 3.92. The highest BCUT2D eigenvalue weighted by Crippen LogP contribution is 2.33. The Morgan fingerprint density at radius 3 is 2.60 bits per heavy atom. The maximum Gasteiger partial charge on any atom is 0.237 e. The first-order valence-electron chi connectivity index (χ1n) is 11.3. The first-order valence-corrected chi connectivity index (χ1v) is 12.3. The monoisotopic (exact) mass is 484 g/mol. The number of rotatable bonds is 5. The first-order chi connectivity index (χ1) is 17.0. The normalized spacial score (nSPS) is 15.3. The fourth-order valence-electron chi connectivity index (χ4n) is 4.24. The number of hydrogen-bond donors (Lipinski definition) is 1. The van der Waals surface area contributed by atoms with E-state index in [0.29, 0.717) is 22.4 Å². The van der Waals surface area contributed by atoms with Gasteiger partial charge in [0, 0.05) is 30.4 Å². The highest BCUT2D eigenvalue weighted by molar-refractivity contribution is 7.99. The maximum absolute atomic E-state index is 13.5. The molecule has 2 aromatic carbocycles. The van der Waals surface area contributed by atoms with Crippen LogP contribution in [0.4, 0.5) is 11.4 Å². The Bertz CT molecular complexity index is 1390. The number of carbonyl (C=O) groups excluding carboxylic acids is 2. The number of aromatic nitrogens is 4. The van der Waals surface area contributed by atoms with E-state index < -0.39 is 0 Å². The van der Waals surface area contributed by atoms with Crippen molar-refractivity contribution in [2.24, 2.45) is 0 Å². The van der Waals surface area contributed by atoms with Crippen molar-refractivity contribution in [1.29, 1.82) is 0 Å². The number of nitrogens with one attached hydrogen (secondary N) is 1. The van der Waals surface area contributed by atoms with Gasteiger partial charge in [-0.05, 0) is 49.7 Å². The summed E-state index contributed by atoms with van der Waals surface area (Å²) < 4.78 is 1.97. The second-order valence-corrected chi connectivity index (χ2v) is 9.28. The Morgan fingerprint density at radius 2 is 1.83 bits per heavy atom. The molecule has 176 valence electrons. The average molecular weight is 485 g/mol. The van der Waals surface area contributed by atoms with Gasteiger partial charge in [0.2, 0.25) is 11.8 Å². The van der Waals surface area contributed by atoms with Crippen molar-refractivity contribution in [1.82, 2.24) is 19.7 Å². The molecule has 0 bridgehead atoms. The van der Waals surface area contributed by atoms with E-state index in [1.54, 1.807) is 17.3 Å². The Balaban J connectivity index is 1.48. The van der Waals surface area contributed by atoms with Crippen molar-refractivity contribution in [2.45, 2.75) is 31.5 Å². The molecule has 4 aromatic rings. The molecule has 0 spiro atoms. The fraction of sp³-hybridized carbons (Fsp3) is 0.192. The van der Waals surface area contributed by atoms with E-state index in [2.05, 4.69) is 20.5 Å². The summed E-state index contributed by atoms with van der Waals surface area (Å²) in [6.07, 6.45) is 3.69. The quantitative estimate of drug-likeness (QED) is 0.420. The lowest BCUT2D eigenvalue weighted by atomic mass is 10.2. The minimum Gasteiger partial charge on any atom is -0.324 e. The number of pyridine rings is 1. The van der Waals surface area contributed by atoms with Crippen LogP contribution in [0.15, 0.2) is 78.2 Å². The molecule has 0 saturated heterocycles. The van der Waals surface area contributed by atoms with Crippen LogP contribution in [0.5, 0.6) is 0 Å². The van der Waals surface area contributed by atoms with Gasteiger partial charge < -0.3 is 10.2 Å². The van der Waals surface area contributed by atoms with Crippen molar-refractivity contribution < 1.29 is 9.59 Å². The largest absolute Gasteiger partial charge is 0.324 e. The van der Waals surface area contributed by atoms with Crippen LogP contribution in [-0.4, -0.2) is 43.4 Å². The highest BCUT2D eigenvalue weighted by atomic mass is 32.2. The molecule has 35 heavy (non-hydrogen) atoms. The van der Waals surface area contributed by atoms with E-state index in [9.17, 15) is 9.59 Å². The summed E-state index contributed by atoms with van der Waals surface area (Å²) in [4.78, 5) is 31.7. The number of para-hydroxylation sites is 3. The fourth-order valence-corrected chi connectivity index (χ4v) is 5.04. The molecule has 1 aliphatic heterocycles. The SMILES string of the molecule is Cc1ccccc1-n1c(SCC(=O)N2c3ccccc3NC(=O)C[C@H]2C)nnc1-c1cccnc1. The van der Waals surface area contributed by atoms with Gasteiger partial charge in [-0.3, -0.25) is 19.1 Å². The van der Waals surface area contributed by atoms with Gasteiger partial charge in [-0.25, -0.2) is 0 Å². The highest BCUT2D eigenvalue weighted by Gasteiger charge is 2.30. The van der Waals surface area contributed by atoms with Crippen LogP contribution >= 0.6 is 11.8 Å². The molecule has 1 atom stereocenters. The number of thioether (sulfide) groups is 1. The van der Waals surface area contributed by atoms with Gasteiger partial charge in [-0.2, -0.15) is 0 Å². The minimum atomic E-state index is -0.271. The lowest BCUT2D eigenvalue weighted by Crippen LogP contribution is -2.40. The van der Waals surface area contributed by atoms with Gasteiger partial charge in [0.1, 0.15) is 0 Å². The zero-order valence-corrected chi connectivity index (χ0v) is 20.2. The smallest absolute Gasteiger partial charge is 0.237 e. The molecular weight excluding hydrogens is 460 g/mol. The third-order valence-corrected chi connectivity index (χ3v) is 6.78. The molecule has 1 aliphatic rings. The molecule has 9 heteroatoms. The third-order valence-electron chi connectivity index (χ3n) is 5.86. The molecule has 2 aromatic heterocycles. The van der Waals surface area contributed by atoms with Gasteiger partial charge in [0.05, 0.1) is 22.8 Å². The summed E-state index contributed by atoms with van der Waals surface area (Å²) in [5.74, 6) is 0.594. The Kier molecular flexibility index (Phi) is 6.33. The standard InChI is InChI=1S/C26H24N6O2S/c1-17-8-3-5-11-21(17)32-25(19-9-7-13-27-15-19)29-30-26(32)35-16-24(34)31-18(2)14-23(33)28-20-10-4-6-12-22(20)31/h3-13,15,18H,14,16H2,1-2H3,(H,28,33)/t18-/m1/s1. The summed E-state index contributed by atoms with van der Waals surface area (Å²) in [5, 5.41) is 12.4. The van der Waals surface area contributed by atoms with Crippen LogP contribution in [0, 0.1) is 6.92 Å². The van der Waals surface area contributed by atoms with E-state index in [4.69, 9.17) is 0 Å². The average Bonchev–Trinajstić information content (AvgIpc) is 3.22. The lowest BCUT2D eigenvalue weighted by molar-refractivity contribution is -0.117.